The highest BCUT2D eigenvalue weighted by Crippen LogP contribution is 2.28. The molecular formula is C21H20BrN5. The molecule has 136 valence electrons. The molecule has 6 heteroatoms. The molecule has 27 heavy (non-hydrogen) atoms. The number of hydrogen-bond donors (Lipinski definition) is 2. The van der Waals surface area contributed by atoms with E-state index in [9.17, 15) is 0 Å². The predicted molar refractivity (Wildman–Crippen MR) is 114 cm³/mol. The second-order valence-corrected chi connectivity index (χ2v) is 7.23. The Morgan fingerprint density at radius 1 is 1.07 bits per heavy atom. The van der Waals surface area contributed by atoms with Gasteiger partial charge in [0.05, 0.1) is 16.4 Å². The summed E-state index contributed by atoms with van der Waals surface area (Å²) in [6.45, 7) is 2.79. The van der Waals surface area contributed by atoms with E-state index in [0.717, 1.165) is 32.9 Å². The molecule has 0 radical (unpaired) electrons. The third-order valence-electron chi connectivity index (χ3n) is 4.54. The smallest absolute Gasteiger partial charge is 0.172 e. The molecule has 0 aliphatic carbocycles. The van der Waals surface area contributed by atoms with Crippen molar-refractivity contribution >= 4 is 33.1 Å². The van der Waals surface area contributed by atoms with Gasteiger partial charge in [-0.3, -0.25) is 0 Å². The van der Waals surface area contributed by atoms with Crippen LogP contribution in [0.3, 0.4) is 0 Å². The first-order chi connectivity index (χ1) is 13.2. The molecule has 2 aromatic carbocycles. The Bertz CT molecular complexity index is 1100. The number of fused-ring (bicyclic) bond motifs is 1. The second-order valence-electron chi connectivity index (χ2n) is 6.37. The van der Waals surface area contributed by atoms with Crippen molar-refractivity contribution in [2.75, 3.05) is 17.7 Å². The summed E-state index contributed by atoms with van der Waals surface area (Å²) in [5.41, 5.74) is 6.31. The summed E-state index contributed by atoms with van der Waals surface area (Å²) >= 11 is 3.56. The molecule has 0 spiro atoms. The zero-order chi connectivity index (χ0) is 18.8. The van der Waals surface area contributed by atoms with E-state index in [4.69, 9.17) is 4.98 Å². The molecule has 0 unspecified atom stereocenters. The Morgan fingerprint density at radius 3 is 2.74 bits per heavy atom. The highest BCUT2D eigenvalue weighted by molar-refractivity contribution is 9.10. The predicted octanol–water partition coefficient (Wildman–Crippen LogP) is 5.12. The molecule has 2 heterocycles. The monoisotopic (exact) mass is 421 g/mol. The Labute approximate surface area is 166 Å². The molecule has 4 rings (SSSR count). The van der Waals surface area contributed by atoms with Crippen molar-refractivity contribution in [3.05, 3.63) is 76.4 Å². The summed E-state index contributed by atoms with van der Waals surface area (Å²) in [5, 5.41) is 11.1. The zero-order valence-electron chi connectivity index (χ0n) is 15.2. The van der Waals surface area contributed by atoms with Crippen molar-refractivity contribution < 1.29 is 0 Å². The summed E-state index contributed by atoms with van der Waals surface area (Å²) in [5.74, 6) is 0.902. The minimum absolute atomic E-state index is 0.694. The Morgan fingerprint density at radius 2 is 1.93 bits per heavy atom. The quantitative estimate of drug-likeness (QED) is 0.469. The standard InChI is InChI=1S/C21H20BrN5/c1-14-6-3-4-9-17(14)19-11-20(27-21(26-19)18(22)13-25-27)24-12-15-7-5-8-16(10-15)23-2/h3-11,13,23-24H,12H2,1-2H3. The largest absolute Gasteiger partial charge is 0.388 e. The summed E-state index contributed by atoms with van der Waals surface area (Å²) in [4.78, 5) is 4.81. The number of aromatic nitrogens is 3. The van der Waals surface area contributed by atoms with E-state index in [1.165, 1.54) is 11.1 Å². The van der Waals surface area contributed by atoms with Gasteiger partial charge in [-0.05, 0) is 46.1 Å². The zero-order valence-corrected chi connectivity index (χ0v) is 16.8. The fourth-order valence-electron chi connectivity index (χ4n) is 3.09. The van der Waals surface area contributed by atoms with Gasteiger partial charge in [-0.15, -0.1) is 0 Å². The van der Waals surface area contributed by atoms with Crippen LogP contribution in [0.5, 0.6) is 0 Å². The lowest BCUT2D eigenvalue weighted by Crippen LogP contribution is -2.07. The van der Waals surface area contributed by atoms with Crippen molar-refractivity contribution in [2.24, 2.45) is 0 Å². The third kappa shape index (κ3) is 3.53. The van der Waals surface area contributed by atoms with Gasteiger partial charge < -0.3 is 10.6 Å². The number of nitrogens with zero attached hydrogens (tertiary/aromatic N) is 3. The minimum atomic E-state index is 0.694. The number of rotatable bonds is 5. The SMILES string of the molecule is CNc1cccc(CNc2cc(-c3ccccc3C)nc3c(Br)cnn23)c1. The van der Waals surface area contributed by atoms with Crippen molar-refractivity contribution in [3.8, 4) is 11.3 Å². The van der Waals surface area contributed by atoms with E-state index < -0.39 is 0 Å². The van der Waals surface area contributed by atoms with Gasteiger partial charge in [0.15, 0.2) is 5.65 Å². The van der Waals surface area contributed by atoms with Crippen LogP contribution in [0, 0.1) is 6.92 Å². The van der Waals surface area contributed by atoms with Gasteiger partial charge in [-0.1, -0.05) is 36.4 Å². The van der Waals surface area contributed by atoms with E-state index in [1.54, 1.807) is 6.20 Å². The van der Waals surface area contributed by atoms with Crippen LogP contribution >= 0.6 is 15.9 Å². The average Bonchev–Trinajstić information content (AvgIpc) is 3.07. The molecular weight excluding hydrogens is 402 g/mol. The number of hydrogen-bond acceptors (Lipinski definition) is 4. The maximum atomic E-state index is 4.81. The number of anilines is 2. The van der Waals surface area contributed by atoms with E-state index in [2.05, 4.69) is 75.0 Å². The van der Waals surface area contributed by atoms with Gasteiger partial charge in [0.25, 0.3) is 0 Å². The normalized spacial score (nSPS) is 10.9. The van der Waals surface area contributed by atoms with Crippen molar-refractivity contribution in [1.29, 1.82) is 0 Å². The van der Waals surface area contributed by atoms with Crippen molar-refractivity contribution in [3.63, 3.8) is 0 Å². The lowest BCUT2D eigenvalue weighted by atomic mass is 10.1. The highest BCUT2D eigenvalue weighted by Gasteiger charge is 2.12. The lowest BCUT2D eigenvalue weighted by molar-refractivity contribution is 0.926. The van der Waals surface area contributed by atoms with Crippen molar-refractivity contribution in [1.82, 2.24) is 14.6 Å². The highest BCUT2D eigenvalue weighted by atomic mass is 79.9. The summed E-state index contributed by atoms with van der Waals surface area (Å²) < 4.78 is 2.70. The molecule has 4 aromatic rings. The topological polar surface area (TPSA) is 54.2 Å². The van der Waals surface area contributed by atoms with Crippen LogP contribution in [0.1, 0.15) is 11.1 Å². The van der Waals surface area contributed by atoms with Gasteiger partial charge in [0.2, 0.25) is 0 Å². The Hall–Kier alpha value is -2.86. The summed E-state index contributed by atoms with van der Waals surface area (Å²) in [7, 11) is 1.93. The fraction of sp³-hybridized carbons (Fsp3) is 0.143. The number of halogens is 1. The van der Waals surface area contributed by atoms with E-state index >= 15 is 0 Å². The molecule has 5 nitrogen and oxygen atoms in total. The maximum Gasteiger partial charge on any atom is 0.172 e. The van der Waals surface area contributed by atoms with Crippen LogP contribution in [0.25, 0.3) is 16.9 Å². The fourth-order valence-corrected chi connectivity index (χ4v) is 3.44. The Balaban J connectivity index is 1.74. The molecule has 0 fully saturated rings. The molecule has 0 aliphatic heterocycles. The van der Waals surface area contributed by atoms with Gasteiger partial charge in [0.1, 0.15) is 5.82 Å². The maximum absolute atomic E-state index is 4.81. The first-order valence-corrected chi connectivity index (χ1v) is 9.56. The molecule has 0 aliphatic rings. The van der Waals surface area contributed by atoms with Gasteiger partial charge in [0, 0.05) is 30.9 Å². The van der Waals surface area contributed by atoms with E-state index in [-0.39, 0.29) is 0 Å². The lowest BCUT2D eigenvalue weighted by Gasteiger charge is -2.12. The van der Waals surface area contributed by atoms with Crippen LogP contribution < -0.4 is 10.6 Å². The number of benzene rings is 2. The minimum Gasteiger partial charge on any atom is -0.388 e. The summed E-state index contributed by atoms with van der Waals surface area (Å²) in [6.07, 6.45) is 1.77. The van der Waals surface area contributed by atoms with Gasteiger partial charge in [-0.25, -0.2) is 4.98 Å². The van der Waals surface area contributed by atoms with E-state index in [0.29, 0.717) is 6.54 Å². The molecule has 0 bridgehead atoms. The molecule has 0 amide bonds. The molecule has 2 aromatic heterocycles. The van der Waals surface area contributed by atoms with Crippen LogP contribution in [0.2, 0.25) is 0 Å². The van der Waals surface area contributed by atoms with Crippen LogP contribution in [-0.2, 0) is 6.54 Å². The van der Waals surface area contributed by atoms with Gasteiger partial charge in [-0.2, -0.15) is 9.61 Å². The third-order valence-corrected chi connectivity index (χ3v) is 5.10. The molecule has 0 atom stereocenters. The van der Waals surface area contributed by atoms with E-state index in [1.807, 2.05) is 29.8 Å². The molecule has 0 saturated heterocycles. The summed E-state index contributed by atoms with van der Waals surface area (Å²) in [6, 6.07) is 18.7. The average molecular weight is 422 g/mol. The van der Waals surface area contributed by atoms with Crippen LogP contribution in [-0.4, -0.2) is 21.6 Å². The van der Waals surface area contributed by atoms with Crippen LogP contribution in [0.15, 0.2) is 65.3 Å². The van der Waals surface area contributed by atoms with Crippen LogP contribution in [0.4, 0.5) is 11.5 Å². The number of nitrogens with one attached hydrogen (secondary N) is 2. The molecule has 2 N–H and O–H groups in total. The Kier molecular flexibility index (Phi) is 4.81. The first-order valence-electron chi connectivity index (χ1n) is 8.76. The molecule has 0 saturated carbocycles. The van der Waals surface area contributed by atoms with Gasteiger partial charge >= 0.3 is 0 Å². The van der Waals surface area contributed by atoms with Crippen molar-refractivity contribution in [2.45, 2.75) is 13.5 Å². The second kappa shape index (κ2) is 7.40. The number of aryl methyl sites for hydroxylation is 1. The first kappa shape index (κ1) is 17.5.